The van der Waals surface area contributed by atoms with Crippen molar-refractivity contribution >= 4 is 5.91 Å². The molecule has 1 amide bonds. The third-order valence-electron chi connectivity index (χ3n) is 13.0. The molecule has 3 heterocycles. The number of rotatable bonds is 37. The van der Waals surface area contributed by atoms with Crippen molar-refractivity contribution in [1.29, 1.82) is 0 Å². The van der Waals surface area contributed by atoms with E-state index < -0.39 is 131 Å². The number of allylic oxidation sites excluding steroid dienone is 17. The topological polar surface area (TPSA) is 307 Å². The van der Waals surface area contributed by atoms with Crippen molar-refractivity contribution in [3.8, 4) is 0 Å². The van der Waals surface area contributed by atoms with Crippen LogP contribution in [-0.4, -0.2) is 193 Å². The molecule has 3 fully saturated rings. The highest BCUT2D eigenvalue weighted by molar-refractivity contribution is 5.76. The summed E-state index contributed by atoms with van der Waals surface area (Å²) in [7, 11) is 0. The Hall–Kier alpha value is -3.55. The summed E-state index contributed by atoms with van der Waals surface area (Å²) in [6, 6.07) is -1.03. The second kappa shape index (κ2) is 40.6. The van der Waals surface area contributed by atoms with Crippen LogP contribution in [0.2, 0.25) is 0 Å². The number of carbonyl (C=O) groups is 1. The summed E-state index contributed by atoms with van der Waals surface area (Å²) in [5.41, 5.74) is 0. The van der Waals surface area contributed by atoms with Gasteiger partial charge in [0.05, 0.1) is 38.6 Å². The van der Waals surface area contributed by atoms with Crippen LogP contribution in [0, 0.1) is 0 Å². The Balaban J connectivity index is 1.54. The maximum absolute atomic E-state index is 13.2. The highest BCUT2D eigenvalue weighted by Crippen LogP contribution is 2.33. The minimum Gasteiger partial charge on any atom is -0.394 e. The van der Waals surface area contributed by atoms with Gasteiger partial charge in [0.2, 0.25) is 5.91 Å². The quantitative estimate of drug-likeness (QED) is 0.0313. The van der Waals surface area contributed by atoms with Crippen LogP contribution in [0.1, 0.15) is 117 Å². The van der Waals surface area contributed by atoms with Crippen LogP contribution < -0.4 is 5.32 Å². The largest absolute Gasteiger partial charge is 0.394 e. The number of aliphatic hydroxyl groups excluding tert-OH is 11. The van der Waals surface area contributed by atoms with Crippen molar-refractivity contribution < 1.29 is 89.4 Å². The number of amides is 1. The molecule has 0 aromatic rings. The van der Waals surface area contributed by atoms with Gasteiger partial charge < -0.3 is 89.9 Å². The predicted octanol–water partition coefficient (Wildman–Crippen LogP) is 3.58. The Kier molecular flexibility index (Phi) is 35.7. The normalized spacial score (nSPS) is 31.6. The Labute approximate surface area is 455 Å². The molecule has 19 nitrogen and oxygen atoms in total. The first-order valence-electron chi connectivity index (χ1n) is 27.6. The molecule has 0 aromatic carbocycles. The maximum Gasteiger partial charge on any atom is 0.220 e. The standard InChI is InChI=1S/C58H93NO18/c1-3-5-7-9-11-13-15-16-17-18-19-20-21-22-23-24-26-28-30-32-34-36-46(64)59-41(42(63)35-33-31-29-27-25-14-12-10-8-6-4-2)40-72-56-52(70)49(67)54(44(38-61)74-56)77-58-53(71)50(68)55(45(39-62)75-58)76-57-51(69)48(66)47(65)43(37-60)73-57/h5,7-8,10-11,13,16-17,19-20,22-23,25-28,33,35,41-45,47-58,60-63,65-71H,3-4,6,9,12,14-15,18,21,24,29-32,34,36-40H2,1-2H3,(H,59,64)/b7-5-,10-8+,13-11-,17-16-,20-19-,23-22-,27-25+,28-26-,35-33+. The van der Waals surface area contributed by atoms with Crippen LogP contribution in [0.5, 0.6) is 0 Å². The van der Waals surface area contributed by atoms with Crippen molar-refractivity contribution in [1.82, 2.24) is 5.32 Å². The van der Waals surface area contributed by atoms with Crippen LogP contribution in [-0.2, 0) is 33.2 Å². The summed E-state index contributed by atoms with van der Waals surface area (Å²) in [6.07, 6.45) is 23.8. The molecule has 0 bridgehead atoms. The fourth-order valence-corrected chi connectivity index (χ4v) is 8.46. The van der Waals surface area contributed by atoms with E-state index in [9.17, 15) is 61.0 Å². The lowest BCUT2D eigenvalue weighted by molar-refractivity contribution is -0.379. The molecule has 3 saturated heterocycles. The summed E-state index contributed by atoms with van der Waals surface area (Å²) in [5, 5.41) is 120. The van der Waals surface area contributed by atoms with Gasteiger partial charge in [-0.3, -0.25) is 4.79 Å². The highest BCUT2D eigenvalue weighted by Gasteiger charge is 2.53. The Morgan fingerprint density at radius 1 is 0.481 bits per heavy atom. The SMILES string of the molecule is CC/C=C\C/C=C\C/C=C\C/C=C\C/C=C\C/C=C\CCCCC(=O)NC(COC1OC(CO)C(OC2OC(CO)C(OC3OC(CO)C(O)C(O)C3O)C(O)C2O)C(O)C1O)C(O)/C=C/CC/C=C/CC/C=C/CCC. The van der Waals surface area contributed by atoms with E-state index in [1.165, 1.54) is 0 Å². The van der Waals surface area contributed by atoms with Gasteiger partial charge in [-0.2, -0.15) is 0 Å². The number of aliphatic hydroxyl groups is 11. The monoisotopic (exact) mass is 1090 g/mol. The molecule has 3 rings (SSSR count). The van der Waals surface area contributed by atoms with Gasteiger partial charge in [0.15, 0.2) is 18.9 Å². The van der Waals surface area contributed by atoms with Gasteiger partial charge in [0, 0.05) is 6.42 Å². The minimum absolute atomic E-state index is 0.169. The lowest BCUT2D eigenvalue weighted by atomic mass is 9.96. The molecular weight excluding hydrogens is 999 g/mol. The Morgan fingerprint density at radius 2 is 0.896 bits per heavy atom. The zero-order valence-corrected chi connectivity index (χ0v) is 45.1. The first-order chi connectivity index (χ1) is 37.3. The fraction of sp³-hybridized carbons (Fsp3) is 0.672. The fourth-order valence-electron chi connectivity index (χ4n) is 8.46. The highest BCUT2D eigenvalue weighted by atomic mass is 16.8. The summed E-state index contributed by atoms with van der Waals surface area (Å²) in [6.45, 7) is 1.41. The molecule has 17 atom stereocenters. The first kappa shape index (κ1) is 67.7. The summed E-state index contributed by atoms with van der Waals surface area (Å²) in [5.74, 6) is -0.341. The third-order valence-corrected chi connectivity index (χ3v) is 13.0. The minimum atomic E-state index is -1.99. The Bertz CT molecular complexity index is 1830. The van der Waals surface area contributed by atoms with E-state index in [1.807, 2.05) is 0 Å². The molecule has 0 aliphatic carbocycles. The third kappa shape index (κ3) is 25.2. The molecule has 3 aliphatic rings. The zero-order chi connectivity index (χ0) is 56.2. The smallest absolute Gasteiger partial charge is 0.220 e. The van der Waals surface area contributed by atoms with Gasteiger partial charge in [-0.05, 0) is 89.9 Å². The van der Waals surface area contributed by atoms with E-state index >= 15 is 0 Å². The van der Waals surface area contributed by atoms with E-state index in [-0.39, 0.29) is 12.3 Å². The van der Waals surface area contributed by atoms with Crippen LogP contribution >= 0.6 is 0 Å². The average Bonchev–Trinajstić information content (AvgIpc) is 3.44. The summed E-state index contributed by atoms with van der Waals surface area (Å²) < 4.78 is 34.1. The molecule has 0 aromatic heterocycles. The van der Waals surface area contributed by atoms with Crippen LogP contribution in [0.15, 0.2) is 109 Å². The van der Waals surface area contributed by atoms with Crippen molar-refractivity contribution in [2.45, 2.75) is 221 Å². The molecule has 0 radical (unpaired) electrons. The van der Waals surface area contributed by atoms with E-state index in [1.54, 1.807) is 12.2 Å². The second-order valence-electron chi connectivity index (χ2n) is 19.3. The number of ether oxygens (including phenoxy) is 6. The van der Waals surface area contributed by atoms with Crippen LogP contribution in [0.4, 0.5) is 0 Å². The molecule has 0 saturated carbocycles. The van der Waals surface area contributed by atoms with Gasteiger partial charge in [-0.15, -0.1) is 0 Å². The zero-order valence-electron chi connectivity index (χ0n) is 45.1. The molecule has 3 aliphatic heterocycles. The average molecular weight is 1090 g/mol. The van der Waals surface area contributed by atoms with E-state index in [4.69, 9.17) is 28.4 Å². The maximum atomic E-state index is 13.2. The molecule has 19 heteroatoms. The van der Waals surface area contributed by atoms with Crippen molar-refractivity contribution in [3.05, 3.63) is 109 Å². The van der Waals surface area contributed by atoms with Crippen molar-refractivity contribution in [2.75, 3.05) is 26.4 Å². The number of nitrogens with one attached hydrogen (secondary N) is 1. The van der Waals surface area contributed by atoms with E-state index in [2.05, 4.69) is 116 Å². The van der Waals surface area contributed by atoms with Crippen molar-refractivity contribution in [2.24, 2.45) is 0 Å². The van der Waals surface area contributed by atoms with Crippen molar-refractivity contribution in [3.63, 3.8) is 0 Å². The molecule has 12 N–H and O–H groups in total. The summed E-state index contributed by atoms with van der Waals surface area (Å²) in [4.78, 5) is 13.2. The Morgan fingerprint density at radius 3 is 1.39 bits per heavy atom. The van der Waals surface area contributed by atoms with Gasteiger partial charge in [0.25, 0.3) is 0 Å². The second-order valence-corrected chi connectivity index (χ2v) is 19.3. The lowest BCUT2D eigenvalue weighted by Crippen LogP contribution is -2.66. The van der Waals surface area contributed by atoms with E-state index in [0.717, 1.165) is 83.5 Å². The van der Waals surface area contributed by atoms with E-state index in [0.29, 0.717) is 12.8 Å². The molecule has 17 unspecified atom stereocenters. The predicted molar refractivity (Wildman–Crippen MR) is 290 cm³/mol. The van der Waals surface area contributed by atoms with Gasteiger partial charge in [-0.25, -0.2) is 0 Å². The molecular formula is C58H93NO18. The molecule has 438 valence electrons. The van der Waals surface area contributed by atoms with Gasteiger partial charge in [-0.1, -0.05) is 130 Å². The van der Waals surface area contributed by atoms with Gasteiger partial charge >= 0.3 is 0 Å². The molecule has 0 spiro atoms. The lowest BCUT2D eigenvalue weighted by Gasteiger charge is -2.48. The molecule has 77 heavy (non-hydrogen) atoms. The summed E-state index contributed by atoms with van der Waals surface area (Å²) >= 11 is 0. The van der Waals surface area contributed by atoms with Crippen LogP contribution in [0.3, 0.4) is 0 Å². The number of hydrogen-bond donors (Lipinski definition) is 12. The number of carbonyl (C=O) groups excluding carboxylic acids is 1. The van der Waals surface area contributed by atoms with Gasteiger partial charge in [0.1, 0.15) is 73.2 Å². The number of hydrogen-bond acceptors (Lipinski definition) is 18. The first-order valence-corrected chi connectivity index (χ1v) is 27.6. The number of unbranched alkanes of at least 4 members (excludes halogenated alkanes) is 5. The van der Waals surface area contributed by atoms with Crippen LogP contribution in [0.25, 0.3) is 0 Å².